The van der Waals surface area contributed by atoms with Crippen molar-refractivity contribution >= 4 is 15.7 Å². The molecule has 148 valence electrons. The van der Waals surface area contributed by atoms with Gasteiger partial charge in [-0.2, -0.15) is 5.10 Å². The molecule has 0 aliphatic carbocycles. The maximum atomic E-state index is 14.1. The highest BCUT2D eigenvalue weighted by molar-refractivity contribution is 7.90. The minimum Gasteiger partial charge on any atom is -0.349 e. The van der Waals surface area contributed by atoms with Crippen molar-refractivity contribution in [3.63, 3.8) is 0 Å². The average molecular weight is 396 g/mol. The first-order valence-electron chi connectivity index (χ1n) is 8.90. The van der Waals surface area contributed by atoms with Crippen molar-refractivity contribution in [2.45, 2.75) is 51.0 Å². The number of rotatable bonds is 7. The number of halogens is 1. The lowest BCUT2D eigenvalue weighted by Crippen LogP contribution is -2.28. The number of hydrogen-bond acceptors (Lipinski definition) is 4. The van der Waals surface area contributed by atoms with E-state index in [-0.39, 0.29) is 17.2 Å². The van der Waals surface area contributed by atoms with E-state index in [1.54, 1.807) is 6.92 Å². The number of carbonyl (C=O) groups excluding carboxylic acids is 1. The Hall–Kier alpha value is -2.22. The zero-order valence-corrected chi connectivity index (χ0v) is 17.2. The number of hydrogen-bond donors (Lipinski definition) is 1. The molecular formula is C19H26FN3O3S. The maximum Gasteiger partial charge on any atom is 0.225 e. The molecule has 1 aromatic carbocycles. The van der Waals surface area contributed by atoms with Crippen LogP contribution in [0.3, 0.4) is 0 Å². The minimum atomic E-state index is -3.62. The maximum absolute atomic E-state index is 14.1. The van der Waals surface area contributed by atoms with Crippen LogP contribution in [0.15, 0.2) is 23.1 Å². The topological polar surface area (TPSA) is 81.1 Å². The fourth-order valence-electron chi connectivity index (χ4n) is 3.22. The lowest BCUT2D eigenvalue weighted by atomic mass is 10.0. The first kappa shape index (κ1) is 21.1. The summed E-state index contributed by atoms with van der Waals surface area (Å²) in [6, 6.07) is 3.45. The molecule has 1 N–H and O–H groups in total. The van der Waals surface area contributed by atoms with E-state index in [4.69, 9.17) is 0 Å². The third-order valence-corrected chi connectivity index (χ3v) is 5.73. The molecule has 1 aromatic heterocycles. The Kier molecular flexibility index (Phi) is 6.41. The summed E-state index contributed by atoms with van der Waals surface area (Å²) in [6.07, 6.45) is 2.68. The Morgan fingerprint density at radius 2 is 1.96 bits per heavy atom. The molecule has 1 amide bonds. The third kappa shape index (κ3) is 4.74. The molecule has 0 saturated carbocycles. The summed E-state index contributed by atoms with van der Waals surface area (Å²) in [6.45, 7) is 5.75. The molecule has 0 radical (unpaired) electrons. The van der Waals surface area contributed by atoms with Crippen molar-refractivity contribution in [1.82, 2.24) is 15.1 Å². The molecule has 0 spiro atoms. The van der Waals surface area contributed by atoms with Gasteiger partial charge in [-0.05, 0) is 37.5 Å². The molecule has 0 fully saturated rings. The largest absolute Gasteiger partial charge is 0.349 e. The Balaban J connectivity index is 2.16. The second-order valence-electron chi connectivity index (χ2n) is 6.63. The quantitative estimate of drug-likeness (QED) is 0.781. The Morgan fingerprint density at radius 3 is 2.48 bits per heavy atom. The fourth-order valence-corrected chi connectivity index (χ4v) is 3.95. The number of amides is 1. The molecule has 2 rings (SSSR count). The van der Waals surface area contributed by atoms with Crippen LogP contribution < -0.4 is 5.32 Å². The molecule has 2 aromatic rings. The molecule has 0 aliphatic heterocycles. The van der Waals surface area contributed by atoms with E-state index in [1.807, 2.05) is 25.6 Å². The van der Waals surface area contributed by atoms with Gasteiger partial charge >= 0.3 is 0 Å². The molecule has 1 atom stereocenters. The van der Waals surface area contributed by atoms with Gasteiger partial charge in [0.25, 0.3) is 0 Å². The van der Waals surface area contributed by atoms with Crippen molar-refractivity contribution in [1.29, 1.82) is 0 Å². The SMILES string of the molecule is CCc1nn(C)c(CC)c1CC(=O)NC(C)c1ccc(S(C)(=O)=O)c(F)c1. The monoisotopic (exact) mass is 395 g/mol. The minimum absolute atomic E-state index is 0.188. The van der Waals surface area contributed by atoms with Gasteiger partial charge in [-0.3, -0.25) is 9.48 Å². The zero-order valence-electron chi connectivity index (χ0n) is 16.3. The van der Waals surface area contributed by atoms with Gasteiger partial charge < -0.3 is 5.32 Å². The highest BCUT2D eigenvalue weighted by Gasteiger charge is 2.20. The van der Waals surface area contributed by atoms with Crippen molar-refractivity contribution < 1.29 is 17.6 Å². The second-order valence-corrected chi connectivity index (χ2v) is 8.61. The highest BCUT2D eigenvalue weighted by Crippen LogP contribution is 2.21. The third-order valence-electron chi connectivity index (χ3n) is 4.60. The van der Waals surface area contributed by atoms with Crippen molar-refractivity contribution in [2.75, 3.05) is 6.26 Å². The number of sulfone groups is 1. The molecule has 0 bridgehead atoms. The summed E-state index contributed by atoms with van der Waals surface area (Å²) >= 11 is 0. The van der Waals surface area contributed by atoms with Gasteiger partial charge in [0.15, 0.2) is 9.84 Å². The molecule has 0 saturated heterocycles. The van der Waals surface area contributed by atoms with Crippen LogP contribution in [-0.2, 0) is 40.9 Å². The summed E-state index contributed by atoms with van der Waals surface area (Å²) in [7, 11) is -1.76. The van der Waals surface area contributed by atoms with Crippen LogP contribution >= 0.6 is 0 Å². The summed E-state index contributed by atoms with van der Waals surface area (Å²) in [4.78, 5) is 12.2. The van der Waals surface area contributed by atoms with E-state index in [0.717, 1.165) is 42.1 Å². The van der Waals surface area contributed by atoms with Gasteiger partial charge in [0.2, 0.25) is 5.91 Å². The van der Waals surface area contributed by atoms with E-state index < -0.39 is 21.7 Å². The van der Waals surface area contributed by atoms with Crippen LogP contribution in [0.1, 0.15) is 49.3 Å². The van der Waals surface area contributed by atoms with E-state index >= 15 is 0 Å². The van der Waals surface area contributed by atoms with E-state index in [1.165, 1.54) is 12.1 Å². The van der Waals surface area contributed by atoms with Gasteiger partial charge in [-0.15, -0.1) is 0 Å². The van der Waals surface area contributed by atoms with Gasteiger partial charge in [-0.25, -0.2) is 12.8 Å². The number of aromatic nitrogens is 2. The first-order chi connectivity index (χ1) is 12.6. The Morgan fingerprint density at radius 1 is 1.30 bits per heavy atom. The fraction of sp³-hybridized carbons (Fsp3) is 0.474. The normalized spacial score (nSPS) is 12.8. The number of nitrogens with zero attached hydrogens (tertiary/aromatic N) is 2. The number of nitrogens with one attached hydrogen (secondary N) is 1. The number of benzene rings is 1. The van der Waals surface area contributed by atoms with Gasteiger partial charge in [0, 0.05) is 24.6 Å². The summed E-state index contributed by atoms with van der Waals surface area (Å²) in [5, 5.41) is 7.31. The van der Waals surface area contributed by atoms with Crippen LogP contribution in [0.2, 0.25) is 0 Å². The Labute approximate surface area is 159 Å². The predicted octanol–water partition coefficient (Wildman–Crippen LogP) is 2.51. The number of carbonyl (C=O) groups is 1. The second kappa shape index (κ2) is 8.21. The molecule has 8 heteroatoms. The van der Waals surface area contributed by atoms with Crippen molar-refractivity contribution in [3.05, 3.63) is 46.5 Å². The highest BCUT2D eigenvalue weighted by atomic mass is 32.2. The molecule has 6 nitrogen and oxygen atoms in total. The first-order valence-corrected chi connectivity index (χ1v) is 10.8. The lowest BCUT2D eigenvalue weighted by Gasteiger charge is -2.15. The average Bonchev–Trinajstić information content (AvgIpc) is 2.87. The summed E-state index contributed by atoms with van der Waals surface area (Å²) < 4.78 is 38.9. The van der Waals surface area contributed by atoms with Gasteiger partial charge in [0.05, 0.1) is 18.2 Å². The standard InChI is InChI=1S/C19H26FN3O3S/c1-6-16-14(17(7-2)23(4)22-16)11-19(24)21-12(3)13-8-9-18(15(20)10-13)27(5,25)26/h8-10,12H,6-7,11H2,1-5H3,(H,21,24). The van der Waals surface area contributed by atoms with Gasteiger partial charge in [0.1, 0.15) is 10.7 Å². The molecule has 1 heterocycles. The van der Waals surface area contributed by atoms with Crippen LogP contribution in [-0.4, -0.2) is 30.4 Å². The van der Waals surface area contributed by atoms with Crippen molar-refractivity contribution in [3.8, 4) is 0 Å². The summed E-state index contributed by atoms with van der Waals surface area (Å²) in [5.74, 6) is -1.00. The van der Waals surface area contributed by atoms with Crippen LogP contribution in [0.25, 0.3) is 0 Å². The smallest absolute Gasteiger partial charge is 0.225 e. The van der Waals surface area contributed by atoms with E-state index in [2.05, 4.69) is 10.4 Å². The van der Waals surface area contributed by atoms with Crippen LogP contribution in [0.5, 0.6) is 0 Å². The van der Waals surface area contributed by atoms with E-state index in [0.29, 0.717) is 5.56 Å². The molecule has 0 aliphatic rings. The van der Waals surface area contributed by atoms with E-state index in [9.17, 15) is 17.6 Å². The van der Waals surface area contributed by atoms with Crippen LogP contribution in [0.4, 0.5) is 4.39 Å². The van der Waals surface area contributed by atoms with Crippen molar-refractivity contribution in [2.24, 2.45) is 7.05 Å². The lowest BCUT2D eigenvalue weighted by molar-refractivity contribution is -0.121. The molecule has 1 unspecified atom stereocenters. The summed E-state index contributed by atoms with van der Waals surface area (Å²) in [5.41, 5.74) is 3.37. The predicted molar refractivity (Wildman–Crippen MR) is 102 cm³/mol. The zero-order chi connectivity index (χ0) is 20.4. The Bertz CT molecular complexity index is 951. The van der Waals surface area contributed by atoms with Crippen LogP contribution in [0, 0.1) is 5.82 Å². The number of aryl methyl sites for hydroxylation is 2. The van der Waals surface area contributed by atoms with Gasteiger partial charge in [-0.1, -0.05) is 19.9 Å². The molecule has 27 heavy (non-hydrogen) atoms. The molecular weight excluding hydrogens is 369 g/mol.